The first-order valence-electron chi connectivity index (χ1n) is 12.9. The molecule has 0 spiro atoms. The molecule has 35 heavy (non-hydrogen) atoms. The monoisotopic (exact) mass is 494 g/mol. The number of hydrogen-bond donors (Lipinski definition) is 2. The van der Waals surface area contributed by atoms with Crippen LogP contribution in [-0.2, 0) is 14.8 Å². The summed E-state index contributed by atoms with van der Waals surface area (Å²) in [5.74, 6) is 0.943. The van der Waals surface area contributed by atoms with E-state index >= 15 is 0 Å². The van der Waals surface area contributed by atoms with Crippen LogP contribution in [0.1, 0.15) is 51.9 Å². The lowest BCUT2D eigenvalue weighted by molar-refractivity contribution is -0.150. The van der Waals surface area contributed by atoms with Crippen LogP contribution in [-0.4, -0.2) is 47.5 Å². The van der Waals surface area contributed by atoms with Crippen molar-refractivity contribution >= 4 is 15.9 Å². The fourth-order valence-corrected chi connectivity index (χ4v) is 9.46. The molecule has 7 rings (SSSR count). The van der Waals surface area contributed by atoms with Crippen molar-refractivity contribution in [1.82, 2.24) is 9.62 Å². The summed E-state index contributed by atoms with van der Waals surface area (Å²) >= 11 is 0. The quantitative estimate of drug-likeness (QED) is 0.659. The Bertz CT molecular complexity index is 1210. The first-order valence-corrected chi connectivity index (χ1v) is 14.3. The summed E-state index contributed by atoms with van der Waals surface area (Å²) in [5.41, 5.74) is 0.316. The third-order valence-corrected chi connectivity index (χ3v) is 11.2. The van der Waals surface area contributed by atoms with Crippen LogP contribution in [0.15, 0.2) is 59.5 Å². The maximum absolute atomic E-state index is 13.7. The molecule has 1 amide bonds. The minimum absolute atomic E-state index is 0.0338. The number of aliphatic hydroxyl groups is 1. The summed E-state index contributed by atoms with van der Waals surface area (Å²) in [4.78, 5) is 13.9. The van der Waals surface area contributed by atoms with Gasteiger partial charge in [0.15, 0.2) is 0 Å². The van der Waals surface area contributed by atoms with Gasteiger partial charge in [0.2, 0.25) is 15.9 Å². The Balaban J connectivity index is 1.22. The van der Waals surface area contributed by atoms with Gasteiger partial charge in [-0.3, -0.25) is 4.79 Å². The molecule has 4 saturated carbocycles. The minimum Gasteiger partial charge on any atom is -0.390 e. The van der Waals surface area contributed by atoms with E-state index in [2.05, 4.69) is 5.32 Å². The third kappa shape index (κ3) is 3.83. The van der Waals surface area contributed by atoms with E-state index in [4.69, 9.17) is 0 Å². The number of hydrogen-bond acceptors (Lipinski definition) is 4. The topological polar surface area (TPSA) is 86.7 Å². The van der Waals surface area contributed by atoms with Gasteiger partial charge in [-0.25, -0.2) is 8.42 Å². The van der Waals surface area contributed by atoms with Crippen molar-refractivity contribution < 1.29 is 18.3 Å². The molecule has 5 aliphatic rings. The molecule has 0 radical (unpaired) electrons. The van der Waals surface area contributed by atoms with Crippen LogP contribution in [0.25, 0.3) is 11.1 Å². The third-order valence-electron chi connectivity index (χ3n) is 9.15. The number of sulfonamides is 1. The number of nitrogens with zero attached hydrogens (tertiary/aromatic N) is 1. The van der Waals surface area contributed by atoms with Crippen LogP contribution in [0, 0.1) is 17.8 Å². The largest absolute Gasteiger partial charge is 0.390 e. The smallest absolute Gasteiger partial charge is 0.244 e. The molecule has 4 bridgehead atoms. The Morgan fingerprint density at radius 2 is 1.60 bits per heavy atom. The Kier molecular flexibility index (Phi) is 5.40. The van der Waals surface area contributed by atoms with Crippen LogP contribution < -0.4 is 5.32 Å². The lowest BCUT2D eigenvalue weighted by atomic mass is 9.52. The molecule has 4 aliphatic carbocycles. The number of carbonyl (C=O) groups excluding carboxylic acids is 1. The number of carbonyl (C=O) groups is 1. The van der Waals surface area contributed by atoms with Crippen molar-refractivity contribution in [2.75, 3.05) is 6.54 Å². The number of nitrogens with one attached hydrogen (secondary N) is 1. The highest BCUT2D eigenvalue weighted by Crippen LogP contribution is 2.55. The zero-order valence-electron chi connectivity index (χ0n) is 20.2. The van der Waals surface area contributed by atoms with Crippen LogP contribution in [0.5, 0.6) is 0 Å². The summed E-state index contributed by atoms with van der Waals surface area (Å²) in [5, 5.41) is 14.2. The summed E-state index contributed by atoms with van der Waals surface area (Å²) < 4.78 is 28.8. The van der Waals surface area contributed by atoms with Gasteiger partial charge >= 0.3 is 0 Å². The highest BCUT2D eigenvalue weighted by atomic mass is 32.2. The number of rotatable bonds is 5. The SMILES string of the molecule is C[C@]1(C(=O)NC2[C@@H]3CC4C[C@H]2CC(O)(C4)C3)CCCN1S(=O)(=O)c1ccc(-c2ccccc2)cc1. The molecule has 0 aromatic heterocycles. The number of benzene rings is 2. The molecular weight excluding hydrogens is 460 g/mol. The van der Waals surface area contributed by atoms with E-state index in [1.165, 1.54) is 4.31 Å². The first kappa shape index (κ1) is 23.2. The first-order chi connectivity index (χ1) is 16.7. The predicted molar refractivity (Wildman–Crippen MR) is 134 cm³/mol. The molecule has 1 aliphatic heterocycles. The van der Waals surface area contributed by atoms with Gasteiger partial charge in [0.05, 0.1) is 10.5 Å². The molecular formula is C28H34N2O4S. The van der Waals surface area contributed by atoms with Crippen LogP contribution in [0.4, 0.5) is 0 Å². The van der Waals surface area contributed by atoms with Crippen molar-refractivity contribution in [3.8, 4) is 11.1 Å². The van der Waals surface area contributed by atoms with Gasteiger partial charge in [-0.2, -0.15) is 4.31 Å². The average molecular weight is 495 g/mol. The van der Waals surface area contributed by atoms with E-state index in [-0.39, 0.29) is 28.7 Å². The second kappa shape index (κ2) is 8.15. The minimum atomic E-state index is -3.83. The summed E-state index contributed by atoms with van der Waals surface area (Å²) in [7, 11) is -3.83. The molecule has 2 N–H and O–H groups in total. The van der Waals surface area contributed by atoms with Crippen molar-refractivity contribution in [1.29, 1.82) is 0 Å². The summed E-state index contributed by atoms with van der Waals surface area (Å²) in [6, 6.07) is 16.8. The van der Waals surface area contributed by atoms with Gasteiger partial charge in [-0.05, 0) is 92.9 Å². The molecule has 3 unspecified atom stereocenters. The molecule has 1 heterocycles. The van der Waals surface area contributed by atoms with E-state index in [0.29, 0.717) is 25.3 Å². The van der Waals surface area contributed by atoms with Crippen molar-refractivity contribution in [2.45, 2.75) is 73.9 Å². The second-order valence-electron chi connectivity index (χ2n) is 11.5. The van der Waals surface area contributed by atoms with Gasteiger partial charge in [-0.1, -0.05) is 42.5 Å². The summed E-state index contributed by atoms with van der Waals surface area (Å²) in [6.07, 6.45) is 5.66. The maximum atomic E-state index is 13.7. The van der Waals surface area contributed by atoms with Crippen LogP contribution in [0.3, 0.4) is 0 Å². The van der Waals surface area contributed by atoms with Gasteiger partial charge in [0.25, 0.3) is 0 Å². The molecule has 1 saturated heterocycles. The van der Waals surface area contributed by atoms with Gasteiger partial charge in [0, 0.05) is 12.6 Å². The zero-order valence-corrected chi connectivity index (χ0v) is 21.0. The fraction of sp³-hybridized carbons (Fsp3) is 0.536. The molecule has 7 heteroatoms. The Morgan fingerprint density at radius 1 is 0.971 bits per heavy atom. The predicted octanol–water partition coefficient (Wildman–Crippen LogP) is 3.95. The van der Waals surface area contributed by atoms with Crippen LogP contribution in [0.2, 0.25) is 0 Å². The Labute approximate surface area is 207 Å². The van der Waals surface area contributed by atoms with E-state index in [1.807, 2.05) is 42.5 Å². The molecule has 6 nitrogen and oxygen atoms in total. The molecule has 2 aromatic rings. The van der Waals surface area contributed by atoms with E-state index in [1.54, 1.807) is 19.1 Å². The second-order valence-corrected chi connectivity index (χ2v) is 13.4. The fourth-order valence-electron chi connectivity index (χ4n) is 7.65. The number of amides is 1. The normalized spacial score (nSPS) is 36.4. The highest BCUT2D eigenvalue weighted by molar-refractivity contribution is 7.89. The molecule has 5 fully saturated rings. The van der Waals surface area contributed by atoms with Crippen molar-refractivity contribution in [2.24, 2.45) is 17.8 Å². The van der Waals surface area contributed by atoms with Gasteiger partial charge < -0.3 is 10.4 Å². The van der Waals surface area contributed by atoms with Crippen molar-refractivity contribution in [3.63, 3.8) is 0 Å². The van der Waals surface area contributed by atoms with Crippen molar-refractivity contribution in [3.05, 3.63) is 54.6 Å². The average Bonchev–Trinajstić information content (AvgIpc) is 3.25. The van der Waals surface area contributed by atoms with E-state index < -0.39 is 21.2 Å². The zero-order chi connectivity index (χ0) is 24.4. The van der Waals surface area contributed by atoms with Crippen LogP contribution >= 0.6 is 0 Å². The highest BCUT2D eigenvalue weighted by Gasteiger charge is 2.57. The molecule has 6 atom stereocenters. The standard InChI is InChI=1S/C28H34N2O4S/c1-27(26(31)29-25-22-14-19-15-23(25)18-28(32,16-19)17-22)12-5-13-30(27)35(33,34)24-10-8-21(9-11-24)20-6-3-2-4-7-20/h2-4,6-11,19,22-23,25,32H,5,12-18H2,1H3,(H,29,31)/t19?,22-,23+,25?,27-,28?/m1/s1. The van der Waals surface area contributed by atoms with E-state index in [0.717, 1.165) is 43.2 Å². The Hall–Kier alpha value is -2.22. The summed E-state index contributed by atoms with van der Waals surface area (Å²) in [6.45, 7) is 2.11. The lowest BCUT2D eigenvalue weighted by Crippen LogP contribution is -2.65. The maximum Gasteiger partial charge on any atom is 0.244 e. The Morgan fingerprint density at radius 3 is 2.23 bits per heavy atom. The van der Waals surface area contributed by atoms with Gasteiger partial charge in [-0.15, -0.1) is 0 Å². The van der Waals surface area contributed by atoms with Gasteiger partial charge in [0.1, 0.15) is 5.54 Å². The molecule has 2 aromatic carbocycles. The lowest BCUT2D eigenvalue weighted by Gasteiger charge is -2.58. The van der Waals surface area contributed by atoms with E-state index in [9.17, 15) is 18.3 Å². The molecule has 186 valence electrons.